The van der Waals surface area contributed by atoms with Gasteiger partial charge in [0.15, 0.2) is 0 Å². The molecule has 1 rings (SSSR count). The van der Waals surface area contributed by atoms with Crippen molar-refractivity contribution in [1.29, 1.82) is 0 Å². The largest absolute Gasteiger partial charge is 0.384 e. The van der Waals surface area contributed by atoms with Gasteiger partial charge in [0.05, 0.1) is 11.0 Å². The van der Waals surface area contributed by atoms with Crippen LogP contribution in [0.15, 0.2) is 24.8 Å². The minimum atomic E-state index is -0.798. The molecule has 1 aliphatic carbocycles. The summed E-state index contributed by atoms with van der Waals surface area (Å²) in [7, 11) is 0. The highest BCUT2D eigenvalue weighted by Gasteiger charge is 2.34. The first-order chi connectivity index (χ1) is 5.69. The van der Waals surface area contributed by atoms with E-state index >= 15 is 0 Å². The van der Waals surface area contributed by atoms with Crippen LogP contribution in [0.2, 0.25) is 0 Å². The number of aliphatic hydroxyl groups is 1. The first-order valence-electron chi connectivity index (χ1n) is 4.36. The fourth-order valence-corrected chi connectivity index (χ4v) is 1.90. The lowest BCUT2D eigenvalue weighted by Crippen LogP contribution is -2.39. The van der Waals surface area contributed by atoms with Crippen molar-refractivity contribution in [3.8, 4) is 0 Å². The zero-order valence-corrected chi connectivity index (χ0v) is 7.93. The van der Waals surface area contributed by atoms with Gasteiger partial charge >= 0.3 is 0 Å². The number of hydrogen-bond acceptors (Lipinski definition) is 1. The number of rotatable bonds is 2. The highest BCUT2D eigenvalue weighted by atomic mass is 35.5. The van der Waals surface area contributed by atoms with Gasteiger partial charge in [-0.3, -0.25) is 0 Å². The maximum absolute atomic E-state index is 10.0. The zero-order chi connectivity index (χ0) is 9.03. The Balaban J connectivity index is 2.65. The van der Waals surface area contributed by atoms with E-state index in [9.17, 15) is 5.11 Å². The van der Waals surface area contributed by atoms with Crippen molar-refractivity contribution in [3.63, 3.8) is 0 Å². The van der Waals surface area contributed by atoms with Gasteiger partial charge in [0.25, 0.3) is 0 Å². The summed E-state index contributed by atoms with van der Waals surface area (Å²) in [4.78, 5) is 0. The molecule has 12 heavy (non-hydrogen) atoms. The second-order valence-electron chi connectivity index (χ2n) is 3.30. The van der Waals surface area contributed by atoms with Crippen molar-refractivity contribution in [2.75, 3.05) is 0 Å². The van der Waals surface area contributed by atoms with Crippen LogP contribution >= 0.6 is 11.6 Å². The van der Waals surface area contributed by atoms with Crippen LogP contribution in [0, 0.1) is 0 Å². The molecular formula is C10H15ClO. The Morgan fingerprint density at radius 3 is 2.83 bits per heavy atom. The Morgan fingerprint density at radius 2 is 2.25 bits per heavy atom. The van der Waals surface area contributed by atoms with Gasteiger partial charge in [-0.05, 0) is 12.8 Å². The number of hydrogen-bond donors (Lipinski definition) is 1. The maximum Gasteiger partial charge on any atom is 0.0993 e. The van der Waals surface area contributed by atoms with Crippen LogP contribution in [0.5, 0.6) is 0 Å². The second kappa shape index (κ2) is 4.11. The van der Waals surface area contributed by atoms with Gasteiger partial charge in [-0.1, -0.05) is 37.6 Å². The molecule has 0 spiro atoms. The molecule has 0 aliphatic heterocycles. The molecule has 1 N–H and O–H groups in total. The SMILES string of the molecule is C=C/C=C/C1(O)CCCCC1Cl. The molecule has 0 heterocycles. The van der Waals surface area contributed by atoms with Crippen molar-refractivity contribution in [2.45, 2.75) is 36.7 Å². The molecule has 0 bridgehead atoms. The van der Waals surface area contributed by atoms with Crippen molar-refractivity contribution >= 4 is 11.6 Å². The number of halogens is 1. The molecule has 2 heteroatoms. The summed E-state index contributed by atoms with van der Waals surface area (Å²) in [6.45, 7) is 3.56. The van der Waals surface area contributed by atoms with E-state index in [1.807, 2.05) is 0 Å². The summed E-state index contributed by atoms with van der Waals surface area (Å²) in [6, 6.07) is 0. The number of allylic oxidation sites excluding steroid dienone is 2. The molecular weight excluding hydrogens is 172 g/mol. The van der Waals surface area contributed by atoms with E-state index in [4.69, 9.17) is 11.6 Å². The number of alkyl halides is 1. The van der Waals surface area contributed by atoms with Crippen molar-refractivity contribution in [1.82, 2.24) is 0 Å². The predicted octanol–water partition coefficient (Wildman–Crippen LogP) is 2.64. The summed E-state index contributed by atoms with van der Waals surface area (Å²) in [5, 5.41) is 9.87. The molecule has 0 aromatic heterocycles. The molecule has 0 amide bonds. The van der Waals surface area contributed by atoms with Gasteiger partial charge in [-0.15, -0.1) is 11.6 Å². The maximum atomic E-state index is 10.0. The van der Waals surface area contributed by atoms with E-state index in [0.29, 0.717) is 0 Å². The molecule has 0 radical (unpaired) electrons. The monoisotopic (exact) mass is 186 g/mol. The standard InChI is InChI=1S/C10H15ClO/c1-2-3-7-10(12)8-5-4-6-9(10)11/h2-3,7,9,12H,1,4-6,8H2/b7-3+. The Kier molecular flexibility index (Phi) is 3.36. The molecule has 0 aromatic carbocycles. The van der Waals surface area contributed by atoms with E-state index in [2.05, 4.69) is 6.58 Å². The second-order valence-corrected chi connectivity index (χ2v) is 3.83. The van der Waals surface area contributed by atoms with Crippen LogP contribution in [-0.4, -0.2) is 16.1 Å². The summed E-state index contributed by atoms with van der Waals surface area (Å²) in [6.07, 6.45) is 9.04. The first-order valence-corrected chi connectivity index (χ1v) is 4.79. The van der Waals surface area contributed by atoms with Crippen LogP contribution < -0.4 is 0 Å². The quantitative estimate of drug-likeness (QED) is 0.519. The molecule has 2 atom stereocenters. The molecule has 0 saturated heterocycles. The summed E-state index contributed by atoms with van der Waals surface area (Å²) in [5.74, 6) is 0. The summed E-state index contributed by atoms with van der Waals surface area (Å²) >= 11 is 6.02. The highest BCUT2D eigenvalue weighted by molar-refractivity contribution is 6.21. The van der Waals surface area contributed by atoms with Crippen molar-refractivity contribution in [3.05, 3.63) is 24.8 Å². The molecule has 0 aromatic rings. The smallest absolute Gasteiger partial charge is 0.0993 e. The minimum absolute atomic E-state index is 0.137. The average Bonchev–Trinajstić information content (AvgIpc) is 2.07. The Bertz CT molecular complexity index is 188. The molecule has 1 aliphatic rings. The van der Waals surface area contributed by atoms with E-state index in [1.54, 1.807) is 18.2 Å². The van der Waals surface area contributed by atoms with E-state index in [0.717, 1.165) is 25.7 Å². The molecule has 1 nitrogen and oxygen atoms in total. The van der Waals surface area contributed by atoms with Crippen LogP contribution in [0.3, 0.4) is 0 Å². The first kappa shape index (κ1) is 9.82. The van der Waals surface area contributed by atoms with Crippen LogP contribution in [0.1, 0.15) is 25.7 Å². The lowest BCUT2D eigenvalue weighted by Gasteiger charge is -2.33. The van der Waals surface area contributed by atoms with E-state index in [-0.39, 0.29) is 5.38 Å². The predicted molar refractivity (Wildman–Crippen MR) is 52.4 cm³/mol. The normalized spacial score (nSPS) is 37.0. The van der Waals surface area contributed by atoms with Crippen LogP contribution in [0.25, 0.3) is 0 Å². The topological polar surface area (TPSA) is 20.2 Å². The van der Waals surface area contributed by atoms with Gasteiger partial charge in [0.1, 0.15) is 0 Å². The third-order valence-electron chi connectivity index (χ3n) is 2.35. The van der Waals surface area contributed by atoms with Gasteiger partial charge in [-0.25, -0.2) is 0 Å². The van der Waals surface area contributed by atoms with Gasteiger partial charge in [0.2, 0.25) is 0 Å². The van der Waals surface area contributed by atoms with Crippen molar-refractivity contribution < 1.29 is 5.11 Å². The van der Waals surface area contributed by atoms with Gasteiger partial charge < -0.3 is 5.11 Å². The summed E-state index contributed by atoms with van der Waals surface area (Å²) < 4.78 is 0. The Labute approximate surface area is 78.7 Å². The van der Waals surface area contributed by atoms with Crippen LogP contribution in [0.4, 0.5) is 0 Å². The van der Waals surface area contributed by atoms with Gasteiger partial charge in [0, 0.05) is 0 Å². The van der Waals surface area contributed by atoms with Crippen LogP contribution in [-0.2, 0) is 0 Å². The van der Waals surface area contributed by atoms with E-state index in [1.165, 1.54) is 0 Å². The molecule has 1 saturated carbocycles. The summed E-state index contributed by atoms with van der Waals surface area (Å²) in [5.41, 5.74) is -0.798. The van der Waals surface area contributed by atoms with E-state index < -0.39 is 5.60 Å². The zero-order valence-electron chi connectivity index (χ0n) is 7.17. The Hall–Kier alpha value is -0.270. The fourth-order valence-electron chi connectivity index (χ4n) is 1.56. The lowest BCUT2D eigenvalue weighted by molar-refractivity contribution is 0.0557. The fraction of sp³-hybridized carbons (Fsp3) is 0.600. The highest BCUT2D eigenvalue weighted by Crippen LogP contribution is 2.33. The van der Waals surface area contributed by atoms with Gasteiger partial charge in [-0.2, -0.15) is 0 Å². The average molecular weight is 187 g/mol. The lowest BCUT2D eigenvalue weighted by atomic mass is 9.84. The molecule has 68 valence electrons. The third kappa shape index (κ3) is 2.11. The minimum Gasteiger partial charge on any atom is -0.384 e. The molecule has 1 fully saturated rings. The Morgan fingerprint density at radius 1 is 1.50 bits per heavy atom. The third-order valence-corrected chi connectivity index (χ3v) is 2.94. The molecule has 2 unspecified atom stereocenters. The van der Waals surface area contributed by atoms with Crippen molar-refractivity contribution in [2.24, 2.45) is 0 Å².